The average Bonchev–Trinajstić information content (AvgIpc) is 2.76. The van der Waals surface area contributed by atoms with Gasteiger partial charge in [0, 0.05) is 31.6 Å². The molecule has 0 radical (unpaired) electrons. The molecule has 0 aliphatic carbocycles. The number of benzene rings is 1. The van der Waals surface area contributed by atoms with Crippen LogP contribution >= 0.6 is 0 Å². The summed E-state index contributed by atoms with van der Waals surface area (Å²) in [6, 6.07) is 8.63. The molecule has 0 saturated heterocycles. The second-order valence-corrected chi connectivity index (χ2v) is 8.00. The summed E-state index contributed by atoms with van der Waals surface area (Å²) in [7, 11) is 0. The zero-order valence-corrected chi connectivity index (χ0v) is 19.4. The van der Waals surface area contributed by atoms with Gasteiger partial charge in [0.2, 0.25) is 11.8 Å². The van der Waals surface area contributed by atoms with Crippen LogP contribution in [0.4, 0.5) is 0 Å². The third kappa shape index (κ3) is 11.8. The predicted molar refractivity (Wildman–Crippen MR) is 130 cm³/mol. The van der Waals surface area contributed by atoms with Gasteiger partial charge >= 0.3 is 0 Å². The Morgan fingerprint density at radius 3 is 2.34 bits per heavy atom. The highest BCUT2D eigenvalue weighted by atomic mass is 16.3. The minimum atomic E-state index is -1.26. The van der Waals surface area contributed by atoms with Gasteiger partial charge in [-0.25, -0.2) is 0 Å². The van der Waals surface area contributed by atoms with E-state index < -0.39 is 18.1 Å². The molecule has 7 N–H and O–H groups in total. The number of allylic oxidation sites excluding steroid dienone is 3. The van der Waals surface area contributed by atoms with Crippen LogP contribution in [-0.4, -0.2) is 48.2 Å². The van der Waals surface area contributed by atoms with Crippen molar-refractivity contribution in [1.82, 2.24) is 10.6 Å². The van der Waals surface area contributed by atoms with Crippen molar-refractivity contribution in [3.63, 3.8) is 0 Å². The minimum absolute atomic E-state index is 0.0693. The van der Waals surface area contributed by atoms with E-state index in [1.54, 1.807) is 0 Å². The maximum absolute atomic E-state index is 12.1. The van der Waals surface area contributed by atoms with Gasteiger partial charge in [-0.2, -0.15) is 0 Å². The van der Waals surface area contributed by atoms with Crippen LogP contribution in [0.3, 0.4) is 0 Å². The molecule has 0 fully saturated rings. The molecule has 1 rings (SSSR count). The summed E-state index contributed by atoms with van der Waals surface area (Å²) in [5, 5.41) is 15.7. The molecule has 7 nitrogen and oxygen atoms in total. The quantitative estimate of drug-likeness (QED) is 0.208. The number of aliphatic hydroxyl groups is 1. The third-order valence-electron chi connectivity index (χ3n) is 5.01. The Morgan fingerprint density at radius 2 is 1.72 bits per heavy atom. The molecular formula is C25H40N4O3. The molecule has 1 aromatic rings. The monoisotopic (exact) mass is 444 g/mol. The van der Waals surface area contributed by atoms with E-state index in [1.165, 1.54) is 0 Å². The third-order valence-corrected chi connectivity index (χ3v) is 5.01. The van der Waals surface area contributed by atoms with Crippen molar-refractivity contribution in [2.24, 2.45) is 11.5 Å². The van der Waals surface area contributed by atoms with Crippen molar-refractivity contribution in [3.05, 3.63) is 59.7 Å². The van der Waals surface area contributed by atoms with Crippen molar-refractivity contribution in [2.45, 2.75) is 70.6 Å². The number of hydrogen-bond donors (Lipinski definition) is 5. The van der Waals surface area contributed by atoms with E-state index in [4.69, 9.17) is 11.5 Å². The fraction of sp³-hybridized carbons (Fsp3) is 0.520. The molecule has 0 saturated carbocycles. The van der Waals surface area contributed by atoms with Crippen molar-refractivity contribution in [3.8, 4) is 0 Å². The van der Waals surface area contributed by atoms with Crippen LogP contribution in [-0.2, 0) is 16.0 Å². The van der Waals surface area contributed by atoms with Crippen LogP contribution in [0.15, 0.2) is 54.1 Å². The molecule has 178 valence electrons. The fourth-order valence-corrected chi connectivity index (χ4v) is 3.37. The number of nitrogens with two attached hydrogens (primary N) is 2. The normalized spacial score (nSPS) is 14.7. The van der Waals surface area contributed by atoms with Crippen LogP contribution in [0.1, 0.15) is 51.5 Å². The van der Waals surface area contributed by atoms with Gasteiger partial charge in [-0.3, -0.25) is 9.59 Å². The Kier molecular flexibility index (Phi) is 13.9. The van der Waals surface area contributed by atoms with Gasteiger partial charge in [0.15, 0.2) is 0 Å². The minimum Gasteiger partial charge on any atom is -0.382 e. The van der Waals surface area contributed by atoms with Crippen molar-refractivity contribution >= 4 is 11.8 Å². The van der Waals surface area contributed by atoms with E-state index in [2.05, 4.69) is 23.6 Å². The smallest absolute Gasteiger partial charge is 0.250 e. The summed E-state index contributed by atoms with van der Waals surface area (Å²) in [4.78, 5) is 24.1. The second kappa shape index (κ2) is 16.2. The molecule has 0 bridgehead atoms. The Balaban J connectivity index is 2.18. The maximum Gasteiger partial charge on any atom is 0.250 e. The van der Waals surface area contributed by atoms with Crippen molar-refractivity contribution in [1.29, 1.82) is 0 Å². The molecule has 3 atom stereocenters. The standard InChI is InChI=1S/C25H40N4O3/c1-3-10-19(11-4-2)16-21(26)18-23(30)28-14-8-9-15-29-25(32)24(31)22(27)17-20-12-6-5-7-13-20/h3,5-7,10-13,21-22,24,31H,4,8-9,14-18,26-27H2,1-2H3,(H,28,30)(H,29,32)/b10-3-,19-11+. The van der Waals surface area contributed by atoms with Crippen LogP contribution in [0, 0.1) is 0 Å². The molecule has 7 heteroatoms. The SMILES string of the molecule is C/C=C\C(=C/CC)CC(N)CC(=O)NCCCCNC(=O)C(O)C(N)Cc1ccccc1. The van der Waals surface area contributed by atoms with Gasteiger partial charge in [-0.15, -0.1) is 0 Å². The van der Waals surface area contributed by atoms with E-state index in [9.17, 15) is 14.7 Å². The zero-order chi connectivity index (χ0) is 23.8. The number of carbonyl (C=O) groups is 2. The zero-order valence-electron chi connectivity index (χ0n) is 19.4. The lowest BCUT2D eigenvalue weighted by Crippen LogP contribution is -2.47. The van der Waals surface area contributed by atoms with E-state index >= 15 is 0 Å². The van der Waals surface area contributed by atoms with Crippen LogP contribution < -0.4 is 22.1 Å². The Bertz CT molecular complexity index is 734. The Labute approximate surface area is 192 Å². The molecule has 0 spiro atoms. The summed E-state index contributed by atoms with van der Waals surface area (Å²) in [6.45, 7) is 4.97. The van der Waals surface area contributed by atoms with Crippen LogP contribution in [0.5, 0.6) is 0 Å². The Morgan fingerprint density at radius 1 is 1.06 bits per heavy atom. The molecule has 2 amide bonds. The van der Waals surface area contributed by atoms with Crippen molar-refractivity contribution < 1.29 is 14.7 Å². The number of aliphatic hydroxyl groups excluding tert-OH is 1. The number of hydrogen-bond acceptors (Lipinski definition) is 5. The summed E-state index contributed by atoms with van der Waals surface area (Å²) < 4.78 is 0. The Hall–Kier alpha value is -2.48. The van der Waals surface area contributed by atoms with E-state index in [1.807, 2.05) is 49.4 Å². The van der Waals surface area contributed by atoms with E-state index in [0.717, 1.165) is 17.6 Å². The van der Waals surface area contributed by atoms with Gasteiger partial charge in [-0.1, -0.05) is 61.1 Å². The van der Waals surface area contributed by atoms with Crippen molar-refractivity contribution in [2.75, 3.05) is 13.1 Å². The van der Waals surface area contributed by atoms with Gasteiger partial charge in [0.05, 0.1) is 0 Å². The number of nitrogens with one attached hydrogen (secondary N) is 2. The lowest BCUT2D eigenvalue weighted by molar-refractivity contribution is -0.130. The number of rotatable bonds is 15. The molecule has 0 heterocycles. The number of unbranched alkanes of at least 4 members (excludes halogenated alkanes) is 1. The average molecular weight is 445 g/mol. The first kappa shape index (κ1) is 27.6. The number of carbonyl (C=O) groups excluding carboxylic acids is 2. The highest BCUT2D eigenvalue weighted by molar-refractivity contribution is 5.81. The summed E-state index contributed by atoms with van der Waals surface area (Å²) in [6.07, 6.45) is 8.58. The van der Waals surface area contributed by atoms with Crippen LogP contribution in [0.2, 0.25) is 0 Å². The molecular weight excluding hydrogens is 404 g/mol. The second-order valence-electron chi connectivity index (χ2n) is 8.00. The number of amides is 2. The van der Waals surface area contributed by atoms with Crippen LogP contribution in [0.25, 0.3) is 0 Å². The van der Waals surface area contributed by atoms with Gasteiger partial charge < -0.3 is 27.2 Å². The highest BCUT2D eigenvalue weighted by Crippen LogP contribution is 2.10. The first-order valence-corrected chi connectivity index (χ1v) is 11.5. The highest BCUT2D eigenvalue weighted by Gasteiger charge is 2.22. The maximum atomic E-state index is 12.1. The first-order chi connectivity index (χ1) is 15.4. The molecule has 32 heavy (non-hydrogen) atoms. The molecule has 1 aromatic carbocycles. The van der Waals surface area contributed by atoms with Gasteiger partial charge in [0.25, 0.3) is 0 Å². The lowest BCUT2D eigenvalue weighted by Gasteiger charge is -2.18. The molecule has 0 aliphatic rings. The lowest BCUT2D eigenvalue weighted by atomic mass is 10.0. The molecule has 0 aliphatic heterocycles. The predicted octanol–water partition coefficient (Wildman–Crippen LogP) is 1.95. The van der Waals surface area contributed by atoms with Gasteiger partial charge in [-0.05, 0) is 44.6 Å². The van der Waals surface area contributed by atoms with E-state index in [-0.39, 0.29) is 18.4 Å². The van der Waals surface area contributed by atoms with Gasteiger partial charge in [0.1, 0.15) is 6.10 Å². The molecule has 0 aromatic heterocycles. The molecule has 3 unspecified atom stereocenters. The van der Waals surface area contributed by atoms with E-state index in [0.29, 0.717) is 38.8 Å². The fourth-order valence-electron chi connectivity index (χ4n) is 3.37. The first-order valence-electron chi connectivity index (χ1n) is 11.5. The summed E-state index contributed by atoms with van der Waals surface area (Å²) in [5.41, 5.74) is 14.2. The topological polar surface area (TPSA) is 130 Å². The summed E-state index contributed by atoms with van der Waals surface area (Å²) in [5.74, 6) is -0.541. The largest absolute Gasteiger partial charge is 0.382 e. The summed E-state index contributed by atoms with van der Waals surface area (Å²) >= 11 is 0.